The van der Waals surface area contributed by atoms with E-state index in [9.17, 15) is 9.59 Å². The summed E-state index contributed by atoms with van der Waals surface area (Å²) in [5.74, 6) is 0.141. The van der Waals surface area contributed by atoms with E-state index in [1.54, 1.807) is 11.0 Å². The fourth-order valence-electron chi connectivity index (χ4n) is 2.66. The first kappa shape index (κ1) is 13.1. The van der Waals surface area contributed by atoms with Crippen molar-refractivity contribution in [3.8, 4) is 0 Å². The molecule has 1 atom stereocenters. The average molecular weight is 251 g/mol. The Morgan fingerprint density at radius 3 is 2.67 bits per heavy atom. The van der Waals surface area contributed by atoms with Gasteiger partial charge < -0.3 is 15.1 Å². The normalized spacial score (nSPS) is 24.1. The fraction of sp³-hybridized carbons (Fsp3) is 0.692. The van der Waals surface area contributed by atoms with E-state index < -0.39 is 0 Å². The van der Waals surface area contributed by atoms with Crippen LogP contribution in [0, 0.1) is 0 Å². The van der Waals surface area contributed by atoms with Gasteiger partial charge in [-0.05, 0) is 12.8 Å². The van der Waals surface area contributed by atoms with Gasteiger partial charge in [-0.15, -0.1) is 6.58 Å². The summed E-state index contributed by atoms with van der Waals surface area (Å²) in [7, 11) is 0. The number of likely N-dealkylation sites (tertiary alicyclic amines) is 1. The Kier molecular flexibility index (Phi) is 4.36. The quantitative estimate of drug-likeness (QED) is 0.718. The molecule has 0 spiro atoms. The summed E-state index contributed by atoms with van der Waals surface area (Å²) in [6.45, 7) is 7.47. The molecular formula is C13H21N3O2. The van der Waals surface area contributed by atoms with Gasteiger partial charge in [0.05, 0.1) is 0 Å². The van der Waals surface area contributed by atoms with Crippen molar-refractivity contribution in [2.45, 2.75) is 25.3 Å². The van der Waals surface area contributed by atoms with Crippen LogP contribution in [-0.2, 0) is 9.59 Å². The molecule has 0 aromatic heterocycles. The Bertz CT molecular complexity index is 337. The largest absolute Gasteiger partial charge is 0.338 e. The summed E-state index contributed by atoms with van der Waals surface area (Å²) < 4.78 is 0. The number of carbonyl (C=O) groups is 2. The molecule has 2 heterocycles. The molecule has 2 aliphatic rings. The van der Waals surface area contributed by atoms with Crippen molar-refractivity contribution in [2.24, 2.45) is 0 Å². The number of hydrogen-bond acceptors (Lipinski definition) is 3. The third-order valence-electron chi connectivity index (χ3n) is 3.61. The molecule has 18 heavy (non-hydrogen) atoms. The van der Waals surface area contributed by atoms with Crippen molar-refractivity contribution >= 4 is 11.8 Å². The van der Waals surface area contributed by atoms with Crippen LogP contribution in [0.4, 0.5) is 0 Å². The standard InChI is InChI=1S/C13H21N3O2/c1-2-4-12(17)16-8-3-5-11(16)13(18)15-9-6-14-7-10-15/h2,11,14H,1,3-10H2. The van der Waals surface area contributed by atoms with E-state index in [1.807, 2.05) is 4.90 Å². The zero-order valence-corrected chi connectivity index (χ0v) is 10.7. The lowest BCUT2D eigenvalue weighted by Crippen LogP contribution is -2.53. The van der Waals surface area contributed by atoms with E-state index in [1.165, 1.54) is 0 Å². The third-order valence-corrected chi connectivity index (χ3v) is 3.61. The van der Waals surface area contributed by atoms with E-state index in [2.05, 4.69) is 11.9 Å². The first-order valence-corrected chi connectivity index (χ1v) is 6.64. The maximum absolute atomic E-state index is 12.4. The maximum atomic E-state index is 12.4. The van der Waals surface area contributed by atoms with Crippen molar-refractivity contribution in [2.75, 3.05) is 32.7 Å². The lowest BCUT2D eigenvalue weighted by Gasteiger charge is -2.32. The molecule has 0 radical (unpaired) electrons. The topological polar surface area (TPSA) is 52.7 Å². The summed E-state index contributed by atoms with van der Waals surface area (Å²) in [6, 6.07) is -0.240. The van der Waals surface area contributed by atoms with Gasteiger partial charge in [0.1, 0.15) is 6.04 Å². The monoisotopic (exact) mass is 251 g/mol. The lowest BCUT2D eigenvalue weighted by molar-refractivity contribution is -0.143. The molecule has 0 bridgehead atoms. The Hall–Kier alpha value is -1.36. The molecule has 5 nitrogen and oxygen atoms in total. The molecule has 0 aromatic carbocycles. The molecule has 1 unspecified atom stereocenters. The van der Waals surface area contributed by atoms with E-state index in [-0.39, 0.29) is 17.9 Å². The molecule has 1 N–H and O–H groups in total. The lowest BCUT2D eigenvalue weighted by atomic mass is 10.1. The number of nitrogens with zero attached hydrogens (tertiary/aromatic N) is 2. The van der Waals surface area contributed by atoms with Crippen molar-refractivity contribution in [3.05, 3.63) is 12.7 Å². The number of amides is 2. The van der Waals surface area contributed by atoms with Crippen LogP contribution in [0.2, 0.25) is 0 Å². The number of hydrogen-bond donors (Lipinski definition) is 1. The molecule has 5 heteroatoms. The van der Waals surface area contributed by atoms with Gasteiger partial charge in [0.25, 0.3) is 0 Å². The highest BCUT2D eigenvalue weighted by Crippen LogP contribution is 2.20. The Balaban J connectivity index is 1.99. The molecule has 0 aromatic rings. The highest BCUT2D eigenvalue weighted by atomic mass is 16.2. The minimum absolute atomic E-state index is 0.0241. The molecular weight excluding hydrogens is 230 g/mol. The SMILES string of the molecule is C=CCC(=O)N1CCCC1C(=O)N1CCNCC1. The Morgan fingerprint density at radius 1 is 1.28 bits per heavy atom. The van der Waals surface area contributed by atoms with Crippen molar-refractivity contribution in [1.29, 1.82) is 0 Å². The first-order chi connectivity index (χ1) is 8.74. The van der Waals surface area contributed by atoms with Crippen LogP contribution < -0.4 is 5.32 Å². The predicted molar refractivity (Wildman–Crippen MR) is 69.0 cm³/mol. The van der Waals surface area contributed by atoms with Crippen LogP contribution >= 0.6 is 0 Å². The van der Waals surface area contributed by atoms with E-state index in [0.717, 1.165) is 39.0 Å². The second-order valence-corrected chi connectivity index (χ2v) is 4.81. The van der Waals surface area contributed by atoms with Crippen molar-refractivity contribution in [3.63, 3.8) is 0 Å². The number of carbonyl (C=O) groups excluding carboxylic acids is 2. The van der Waals surface area contributed by atoms with Gasteiger partial charge in [0, 0.05) is 39.1 Å². The molecule has 0 aliphatic carbocycles. The van der Waals surface area contributed by atoms with Crippen molar-refractivity contribution in [1.82, 2.24) is 15.1 Å². The van der Waals surface area contributed by atoms with Gasteiger partial charge >= 0.3 is 0 Å². The van der Waals surface area contributed by atoms with E-state index in [4.69, 9.17) is 0 Å². The maximum Gasteiger partial charge on any atom is 0.245 e. The van der Waals surface area contributed by atoms with Crippen LogP contribution in [0.1, 0.15) is 19.3 Å². The predicted octanol–water partition coefficient (Wildman–Crippen LogP) is -0.0147. The third kappa shape index (κ3) is 2.72. The second kappa shape index (κ2) is 6.00. The Morgan fingerprint density at radius 2 is 2.00 bits per heavy atom. The van der Waals surface area contributed by atoms with E-state index >= 15 is 0 Å². The number of nitrogens with one attached hydrogen (secondary N) is 1. The summed E-state index contributed by atoms with van der Waals surface area (Å²) in [4.78, 5) is 27.9. The van der Waals surface area contributed by atoms with Crippen molar-refractivity contribution < 1.29 is 9.59 Å². The van der Waals surface area contributed by atoms with E-state index in [0.29, 0.717) is 13.0 Å². The zero-order valence-electron chi connectivity index (χ0n) is 10.7. The van der Waals surface area contributed by atoms with Gasteiger partial charge in [-0.1, -0.05) is 6.08 Å². The minimum atomic E-state index is -0.240. The summed E-state index contributed by atoms with van der Waals surface area (Å²) in [5.41, 5.74) is 0. The highest BCUT2D eigenvalue weighted by Gasteiger charge is 2.36. The van der Waals surface area contributed by atoms with Crippen LogP contribution in [0.15, 0.2) is 12.7 Å². The minimum Gasteiger partial charge on any atom is -0.338 e. The van der Waals surface area contributed by atoms with Gasteiger partial charge in [-0.25, -0.2) is 0 Å². The second-order valence-electron chi connectivity index (χ2n) is 4.81. The smallest absolute Gasteiger partial charge is 0.245 e. The van der Waals surface area contributed by atoms with Gasteiger partial charge in [0.15, 0.2) is 0 Å². The molecule has 2 fully saturated rings. The van der Waals surface area contributed by atoms with Crippen LogP contribution in [0.3, 0.4) is 0 Å². The van der Waals surface area contributed by atoms with Gasteiger partial charge in [0.2, 0.25) is 11.8 Å². The fourth-order valence-corrected chi connectivity index (χ4v) is 2.66. The van der Waals surface area contributed by atoms with Crippen LogP contribution in [0.25, 0.3) is 0 Å². The summed E-state index contributed by atoms with van der Waals surface area (Å²) in [6.07, 6.45) is 3.65. The van der Waals surface area contributed by atoms with Crippen LogP contribution in [0.5, 0.6) is 0 Å². The molecule has 2 rings (SSSR count). The number of rotatable bonds is 3. The summed E-state index contributed by atoms with van der Waals surface area (Å²) >= 11 is 0. The molecule has 2 aliphatic heterocycles. The first-order valence-electron chi connectivity index (χ1n) is 6.64. The zero-order chi connectivity index (χ0) is 13.0. The highest BCUT2D eigenvalue weighted by molar-refractivity contribution is 5.88. The molecule has 100 valence electrons. The molecule has 2 saturated heterocycles. The molecule has 0 saturated carbocycles. The average Bonchev–Trinajstić information content (AvgIpc) is 2.88. The number of piperazine rings is 1. The van der Waals surface area contributed by atoms with Gasteiger partial charge in [-0.2, -0.15) is 0 Å². The summed E-state index contributed by atoms with van der Waals surface area (Å²) in [5, 5.41) is 3.23. The van der Waals surface area contributed by atoms with Gasteiger partial charge in [-0.3, -0.25) is 9.59 Å². The van der Waals surface area contributed by atoms with Crippen LogP contribution in [-0.4, -0.2) is 60.4 Å². The Labute approximate surface area is 108 Å². The molecule has 2 amide bonds.